The topological polar surface area (TPSA) is 86.3 Å². The zero-order valence-electron chi connectivity index (χ0n) is 11.2. The first-order valence-corrected chi connectivity index (χ1v) is 6.35. The van der Waals surface area contributed by atoms with Gasteiger partial charge in [0.1, 0.15) is 12.4 Å². The van der Waals surface area contributed by atoms with Crippen molar-refractivity contribution in [1.82, 2.24) is 0 Å². The summed E-state index contributed by atoms with van der Waals surface area (Å²) in [6.07, 6.45) is 0. The molecule has 0 bridgehead atoms. The van der Waals surface area contributed by atoms with Crippen molar-refractivity contribution < 1.29 is 19.4 Å². The average Bonchev–Trinajstić information content (AvgIpc) is 3.00. The molecule has 6 nitrogen and oxygen atoms in total. The fourth-order valence-corrected chi connectivity index (χ4v) is 1.96. The first-order valence-electron chi connectivity index (χ1n) is 6.35. The van der Waals surface area contributed by atoms with E-state index in [1.807, 2.05) is 24.3 Å². The van der Waals surface area contributed by atoms with Crippen LogP contribution in [0, 0.1) is 0 Å². The largest absolute Gasteiger partial charge is 0.489 e. The number of nitrogens with two attached hydrogens (primary N) is 1. The highest BCUT2D eigenvalue weighted by molar-refractivity contribution is 5.96. The molecule has 3 N–H and O–H groups in total. The van der Waals surface area contributed by atoms with Gasteiger partial charge in [0.25, 0.3) is 0 Å². The molecule has 21 heavy (non-hydrogen) atoms. The standard InChI is InChI=1S/C15H14N2O4/c16-15(17-18)11-3-1-10(2-4-11)8-19-12-5-6-13-14(7-12)21-9-20-13/h1-7,18H,8-9H2,(H2,16,17). The van der Waals surface area contributed by atoms with E-state index in [0.29, 0.717) is 23.7 Å². The van der Waals surface area contributed by atoms with Gasteiger partial charge < -0.3 is 25.2 Å². The van der Waals surface area contributed by atoms with Crippen molar-refractivity contribution in [2.45, 2.75) is 6.61 Å². The van der Waals surface area contributed by atoms with Gasteiger partial charge in [-0.1, -0.05) is 29.4 Å². The van der Waals surface area contributed by atoms with Gasteiger partial charge in [0.15, 0.2) is 17.3 Å². The van der Waals surface area contributed by atoms with E-state index < -0.39 is 0 Å². The zero-order chi connectivity index (χ0) is 14.7. The summed E-state index contributed by atoms with van der Waals surface area (Å²) in [6.45, 7) is 0.657. The molecule has 1 heterocycles. The number of nitrogens with zero attached hydrogens (tertiary/aromatic N) is 1. The van der Waals surface area contributed by atoms with Gasteiger partial charge in [0, 0.05) is 11.6 Å². The first kappa shape index (κ1) is 13.1. The van der Waals surface area contributed by atoms with Crippen LogP contribution in [0.5, 0.6) is 17.2 Å². The van der Waals surface area contributed by atoms with Gasteiger partial charge in [-0.3, -0.25) is 0 Å². The Morgan fingerprint density at radius 2 is 1.90 bits per heavy atom. The second-order valence-electron chi connectivity index (χ2n) is 4.49. The summed E-state index contributed by atoms with van der Waals surface area (Å²) >= 11 is 0. The normalized spacial score (nSPS) is 13.2. The van der Waals surface area contributed by atoms with Gasteiger partial charge in [0.05, 0.1) is 0 Å². The number of hydrogen-bond donors (Lipinski definition) is 2. The molecule has 1 aliphatic heterocycles. The molecule has 2 aromatic rings. The molecule has 0 unspecified atom stereocenters. The molecule has 2 aromatic carbocycles. The maximum atomic E-state index is 8.60. The van der Waals surface area contributed by atoms with Crippen molar-refractivity contribution in [3.05, 3.63) is 53.6 Å². The van der Waals surface area contributed by atoms with Crippen molar-refractivity contribution in [2.75, 3.05) is 6.79 Å². The van der Waals surface area contributed by atoms with Crippen molar-refractivity contribution in [3.8, 4) is 17.2 Å². The minimum atomic E-state index is 0.0817. The molecule has 0 aromatic heterocycles. The lowest BCUT2D eigenvalue weighted by atomic mass is 10.1. The molecule has 1 aliphatic rings. The van der Waals surface area contributed by atoms with Crippen molar-refractivity contribution in [3.63, 3.8) is 0 Å². The number of oxime groups is 1. The molecule has 108 valence electrons. The quantitative estimate of drug-likeness (QED) is 0.389. The van der Waals surface area contributed by atoms with E-state index in [0.717, 1.165) is 11.3 Å². The van der Waals surface area contributed by atoms with Crippen molar-refractivity contribution in [1.29, 1.82) is 0 Å². The van der Waals surface area contributed by atoms with Gasteiger partial charge in [-0.05, 0) is 17.7 Å². The second kappa shape index (κ2) is 5.62. The van der Waals surface area contributed by atoms with Gasteiger partial charge in [-0.15, -0.1) is 0 Å². The number of fused-ring (bicyclic) bond motifs is 1. The molecule has 0 radical (unpaired) electrons. The summed E-state index contributed by atoms with van der Waals surface area (Å²) in [5.74, 6) is 2.21. The summed E-state index contributed by atoms with van der Waals surface area (Å²) in [5.41, 5.74) is 7.14. The van der Waals surface area contributed by atoms with E-state index in [1.54, 1.807) is 18.2 Å². The molecule has 3 rings (SSSR count). The Bertz CT molecular complexity index is 668. The molecule has 0 saturated heterocycles. The number of amidine groups is 1. The minimum Gasteiger partial charge on any atom is -0.489 e. The Morgan fingerprint density at radius 1 is 1.14 bits per heavy atom. The number of ether oxygens (including phenoxy) is 3. The van der Waals surface area contributed by atoms with E-state index in [9.17, 15) is 0 Å². The lowest BCUT2D eigenvalue weighted by molar-refractivity contribution is 0.173. The Morgan fingerprint density at radius 3 is 2.67 bits per heavy atom. The lowest BCUT2D eigenvalue weighted by Gasteiger charge is -2.07. The van der Waals surface area contributed by atoms with Crippen molar-refractivity contribution >= 4 is 5.84 Å². The summed E-state index contributed by atoms with van der Waals surface area (Å²) in [4.78, 5) is 0. The van der Waals surface area contributed by atoms with Crippen LogP contribution >= 0.6 is 0 Å². The molecule has 0 amide bonds. The fourth-order valence-electron chi connectivity index (χ4n) is 1.96. The lowest BCUT2D eigenvalue weighted by Crippen LogP contribution is -2.12. The van der Waals surface area contributed by atoms with Crippen LogP contribution in [0.1, 0.15) is 11.1 Å². The summed E-state index contributed by atoms with van der Waals surface area (Å²) in [6, 6.07) is 12.7. The minimum absolute atomic E-state index is 0.0817. The van der Waals surface area contributed by atoms with Crippen LogP contribution in [0.25, 0.3) is 0 Å². The van der Waals surface area contributed by atoms with Gasteiger partial charge in [-0.2, -0.15) is 0 Å². The summed E-state index contributed by atoms with van der Waals surface area (Å²) in [7, 11) is 0. The van der Waals surface area contributed by atoms with Crippen LogP contribution in [-0.4, -0.2) is 17.8 Å². The third-order valence-corrected chi connectivity index (χ3v) is 3.11. The van der Waals surface area contributed by atoms with E-state index in [1.165, 1.54) is 0 Å². The van der Waals surface area contributed by atoms with E-state index >= 15 is 0 Å². The highest BCUT2D eigenvalue weighted by Crippen LogP contribution is 2.35. The van der Waals surface area contributed by atoms with Crippen LogP contribution in [-0.2, 0) is 6.61 Å². The Balaban J connectivity index is 1.65. The monoisotopic (exact) mass is 286 g/mol. The SMILES string of the molecule is N/C(=N\O)c1ccc(COc2ccc3c(c2)OCO3)cc1. The summed E-state index contributed by atoms with van der Waals surface area (Å²) < 4.78 is 16.2. The van der Waals surface area contributed by atoms with Crippen LogP contribution in [0.4, 0.5) is 0 Å². The summed E-state index contributed by atoms with van der Waals surface area (Å²) in [5, 5.41) is 11.6. The predicted molar refractivity (Wildman–Crippen MR) is 75.8 cm³/mol. The fraction of sp³-hybridized carbons (Fsp3) is 0.133. The number of benzene rings is 2. The number of rotatable bonds is 4. The van der Waals surface area contributed by atoms with Crippen LogP contribution in [0.3, 0.4) is 0 Å². The third kappa shape index (κ3) is 2.84. The smallest absolute Gasteiger partial charge is 0.231 e. The van der Waals surface area contributed by atoms with Crippen molar-refractivity contribution in [2.24, 2.45) is 10.9 Å². The number of hydrogen-bond acceptors (Lipinski definition) is 5. The van der Waals surface area contributed by atoms with Gasteiger partial charge >= 0.3 is 0 Å². The molecule has 0 aliphatic carbocycles. The molecular weight excluding hydrogens is 272 g/mol. The first-order chi connectivity index (χ1) is 10.3. The zero-order valence-corrected chi connectivity index (χ0v) is 11.2. The van der Waals surface area contributed by atoms with E-state index in [2.05, 4.69) is 5.16 Å². The highest BCUT2D eigenvalue weighted by atomic mass is 16.7. The molecule has 0 atom stereocenters. The van der Waals surface area contributed by atoms with Gasteiger partial charge in [0.2, 0.25) is 6.79 Å². The Kier molecular flexibility index (Phi) is 3.51. The van der Waals surface area contributed by atoms with E-state index in [-0.39, 0.29) is 12.6 Å². The van der Waals surface area contributed by atoms with Crippen LogP contribution in [0.15, 0.2) is 47.6 Å². The Labute approximate surface area is 121 Å². The molecule has 0 fully saturated rings. The maximum Gasteiger partial charge on any atom is 0.231 e. The highest BCUT2D eigenvalue weighted by Gasteiger charge is 2.13. The molecular formula is C15H14N2O4. The van der Waals surface area contributed by atoms with Crippen LogP contribution < -0.4 is 19.9 Å². The predicted octanol–water partition coefficient (Wildman–Crippen LogP) is 2.09. The maximum absolute atomic E-state index is 8.60. The molecule has 0 saturated carbocycles. The molecule has 6 heteroatoms. The average molecular weight is 286 g/mol. The second-order valence-corrected chi connectivity index (χ2v) is 4.49. The van der Waals surface area contributed by atoms with E-state index in [4.69, 9.17) is 25.2 Å². The van der Waals surface area contributed by atoms with Gasteiger partial charge in [-0.25, -0.2) is 0 Å². The Hall–Kier alpha value is -2.89. The molecule has 0 spiro atoms. The third-order valence-electron chi connectivity index (χ3n) is 3.11. The van der Waals surface area contributed by atoms with Crippen LogP contribution in [0.2, 0.25) is 0 Å².